The van der Waals surface area contributed by atoms with Crippen LogP contribution in [0.25, 0.3) is 0 Å². The van der Waals surface area contributed by atoms with Gasteiger partial charge < -0.3 is 10.4 Å². The van der Waals surface area contributed by atoms with Crippen molar-refractivity contribution in [1.29, 1.82) is 0 Å². The Balaban J connectivity index is 1.85. The zero-order valence-electron chi connectivity index (χ0n) is 12.8. The number of benzene rings is 1. The predicted octanol–water partition coefficient (Wildman–Crippen LogP) is 2.91. The quantitative estimate of drug-likeness (QED) is 0.814. The van der Waals surface area contributed by atoms with Crippen LogP contribution >= 0.6 is 0 Å². The molecule has 1 aliphatic rings. The molecule has 1 saturated carbocycles. The highest BCUT2D eigenvalue weighted by Crippen LogP contribution is 2.35. The molecule has 1 unspecified atom stereocenters. The fourth-order valence-electron chi connectivity index (χ4n) is 2.83. The molecule has 120 valence electrons. The summed E-state index contributed by atoms with van der Waals surface area (Å²) in [4.78, 5) is 23.2. The van der Waals surface area contributed by atoms with Crippen LogP contribution in [0.1, 0.15) is 44.6 Å². The van der Waals surface area contributed by atoms with Crippen LogP contribution in [-0.4, -0.2) is 22.5 Å². The van der Waals surface area contributed by atoms with Crippen molar-refractivity contribution < 1.29 is 19.1 Å². The van der Waals surface area contributed by atoms with Gasteiger partial charge in [-0.25, -0.2) is 4.39 Å². The van der Waals surface area contributed by atoms with Crippen molar-refractivity contribution >= 4 is 11.9 Å². The monoisotopic (exact) mass is 307 g/mol. The van der Waals surface area contributed by atoms with Gasteiger partial charge in [0.15, 0.2) is 0 Å². The van der Waals surface area contributed by atoms with Gasteiger partial charge in [-0.1, -0.05) is 19.1 Å². The van der Waals surface area contributed by atoms with E-state index in [0.29, 0.717) is 12.8 Å². The molecule has 4 nitrogen and oxygen atoms in total. The number of rotatable bonds is 7. The van der Waals surface area contributed by atoms with E-state index in [4.69, 9.17) is 5.11 Å². The van der Waals surface area contributed by atoms with E-state index in [1.54, 1.807) is 6.07 Å². The number of aliphatic carboxylic acids is 1. The maximum Gasteiger partial charge on any atom is 0.305 e. The molecule has 0 saturated heterocycles. The highest BCUT2D eigenvalue weighted by Gasteiger charge is 2.40. The predicted molar refractivity (Wildman–Crippen MR) is 80.9 cm³/mol. The Labute approximate surface area is 129 Å². The molecule has 0 heterocycles. The highest BCUT2D eigenvalue weighted by atomic mass is 19.1. The van der Waals surface area contributed by atoms with Gasteiger partial charge >= 0.3 is 5.97 Å². The third-order valence-corrected chi connectivity index (χ3v) is 4.39. The van der Waals surface area contributed by atoms with Crippen molar-refractivity contribution in [2.24, 2.45) is 5.92 Å². The van der Waals surface area contributed by atoms with Gasteiger partial charge in [0, 0.05) is 5.92 Å². The minimum Gasteiger partial charge on any atom is -0.481 e. The van der Waals surface area contributed by atoms with Crippen LogP contribution in [0.15, 0.2) is 24.3 Å². The number of halogens is 1. The fourth-order valence-corrected chi connectivity index (χ4v) is 2.83. The number of aryl methyl sites for hydroxylation is 1. The molecule has 2 N–H and O–H groups in total. The number of hydrogen-bond acceptors (Lipinski definition) is 2. The SMILES string of the molecule is CC(CCc1cccc(F)c1)C(=O)NC1(CC(=O)O)CCC1. The molecule has 1 fully saturated rings. The Morgan fingerprint density at radius 3 is 2.68 bits per heavy atom. The number of hydrogen-bond donors (Lipinski definition) is 2. The molecule has 1 aromatic carbocycles. The van der Waals surface area contributed by atoms with E-state index < -0.39 is 11.5 Å². The lowest BCUT2D eigenvalue weighted by atomic mass is 9.74. The lowest BCUT2D eigenvalue weighted by Crippen LogP contribution is -2.55. The van der Waals surface area contributed by atoms with Gasteiger partial charge in [0.25, 0.3) is 0 Å². The van der Waals surface area contributed by atoms with Gasteiger partial charge in [-0.15, -0.1) is 0 Å². The molecule has 1 aliphatic carbocycles. The van der Waals surface area contributed by atoms with Gasteiger partial charge in [0.2, 0.25) is 5.91 Å². The second-order valence-corrected chi connectivity index (χ2v) is 6.26. The van der Waals surface area contributed by atoms with Crippen molar-refractivity contribution in [2.45, 2.75) is 51.0 Å². The molecule has 5 heteroatoms. The zero-order chi connectivity index (χ0) is 16.2. The third-order valence-electron chi connectivity index (χ3n) is 4.39. The van der Waals surface area contributed by atoms with E-state index in [1.165, 1.54) is 12.1 Å². The Kier molecular flexibility index (Phi) is 5.16. The molecule has 1 amide bonds. The Bertz CT molecular complexity index is 555. The summed E-state index contributed by atoms with van der Waals surface area (Å²) in [7, 11) is 0. The summed E-state index contributed by atoms with van der Waals surface area (Å²) in [5.41, 5.74) is 0.305. The van der Waals surface area contributed by atoms with Gasteiger partial charge in [0.05, 0.1) is 12.0 Å². The van der Waals surface area contributed by atoms with Crippen molar-refractivity contribution in [3.8, 4) is 0 Å². The Morgan fingerprint density at radius 1 is 1.41 bits per heavy atom. The van der Waals surface area contributed by atoms with Crippen LogP contribution in [0.4, 0.5) is 4.39 Å². The van der Waals surface area contributed by atoms with E-state index in [0.717, 1.165) is 24.8 Å². The number of amides is 1. The molecule has 0 aliphatic heterocycles. The number of carboxylic acid groups (broad SMARTS) is 1. The van der Waals surface area contributed by atoms with E-state index in [1.807, 2.05) is 13.0 Å². The minimum absolute atomic E-state index is 0.0185. The fraction of sp³-hybridized carbons (Fsp3) is 0.529. The van der Waals surface area contributed by atoms with E-state index in [-0.39, 0.29) is 24.1 Å². The minimum atomic E-state index is -0.882. The molecule has 22 heavy (non-hydrogen) atoms. The van der Waals surface area contributed by atoms with Gasteiger partial charge in [-0.05, 0) is 49.8 Å². The summed E-state index contributed by atoms with van der Waals surface area (Å²) < 4.78 is 13.1. The summed E-state index contributed by atoms with van der Waals surface area (Å²) in [6.45, 7) is 1.82. The Hall–Kier alpha value is -1.91. The molecule has 2 rings (SSSR count). The largest absolute Gasteiger partial charge is 0.481 e. The molecular weight excluding hydrogens is 285 g/mol. The van der Waals surface area contributed by atoms with Crippen LogP contribution in [0.5, 0.6) is 0 Å². The van der Waals surface area contributed by atoms with E-state index >= 15 is 0 Å². The van der Waals surface area contributed by atoms with Gasteiger partial charge in [0.1, 0.15) is 5.82 Å². The van der Waals surface area contributed by atoms with E-state index in [9.17, 15) is 14.0 Å². The first-order valence-electron chi connectivity index (χ1n) is 7.68. The lowest BCUT2D eigenvalue weighted by Gasteiger charge is -2.42. The van der Waals surface area contributed by atoms with E-state index in [2.05, 4.69) is 5.32 Å². The van der Waals surface area contributed by atoms with Gasteiger partial charge in [-0.3, -0.25) is 9.59 Å². The van der Waals surface area contributed by atoms with Crippen LogP contribution in [0, 0.1) is 11.7 Å². The smallest absolute Gasteiger partial charge is 0.305 e. The van der Waals surface area contributed by atoms with Crippen LogP contribution in [-0.2, 0) is 16.0 Å². The van der Waals surface area contributed by atoms with Crippen LogP contribution < -0.4 is 5.32 Å². The number of carboxylic acids is 1. The topological polar surface area (TPSA) is 66.4 Å². The summed E-state index contributed by atoms with van der Waals surface area (Å²) in [6.07, 6.45) is 3.61. The van der Waals surface area contributed by atoms with Crippen molar-refractivity contribution in [3.05, 3.63) is 35.6 Å². The summed E-state index contributed by atoms with van der Waals surface area (Å²) in [5, 5.41) is 11.9. The van der Waals surface area contributed by atoms with Crippen molar-refractivity contribution in [3.63, 3.8) is 0 Å². The second-order valence-electron chi connectivity index (χ2n) is 6.26. The molecule has 0 radical (unpaired) electrons. The Morgan fingerprint density at radius 2 is 2.14 bits per heavy atom. The maximum atomic E-state index is 13.1. The molecule has 1 aromatic rings. The average molecular weight is 307 g/mol. The average Bonchev–Trinajstić information content (AvgIpc) is 2.41. The summed E-state index contributed by atoms with van der Waals surface area (Å²) >= 11 is 0. The molecule has 1 atom stereocenters. The number of nitrogens with one attached hydrogen (secondary N) is 1. The molecule has 0 aromatic heterocycles. The normalized spacial score (nSPS) is 17.4. The summed E-state index contributed by atoms with van der Waals surface area (Å²) in [5.74, 6) is -1.50. The van der Waals surface area contributed by atoms with Crippen LogP contribution in [0.2, 0.25) is 0 Å². The molecule has 0 bridgehead atoms. The summed E-state index contributed by atoms with van der Waals surface area (Å²) in [6, 6.07) is 6.37. The first-order chi connectivity index (χ1) is 10.4. The standard InChI is InChI=1S/C17H22FNO3/c1-12(6-7-13-4-2-5-14(18)10-13)16(22)19-17(8-3-9-17)11-15(20)21/h2,4-5,10,12H,3,6-9,11H2,1H3,(H,19,22)(H,20,21). The third kappa shape index (κ3) is 4.29. The van der Waals surface area contributed by atoms with Crippen molar-refractivity contribution in [2.75, 3.05) is 0 Å². The lowest BCUT2D eigenvalue weighted by molar-refractivity contribution is -0.140. The first kappa shape index (κ1) is 16.5. The highest BCUT2D eigenvalue weighted by molar-refractivity contribution is 5.80. The van der Waals surface area contributed by atoms with Crippen molar-refractivity contribution in [1.82, 2.24) is 5.32 Å². The molecular formula is C17H22FNO3. The molecule has 0 spiro atoms. The first-order valence-corrected chi connectivity index (χ1v) is 7.68. The van der Waals surface area contributed by atoms with Crippen LogP contribution in [0.3, 0.4) is 0 Å². The zero-order valence-corrected chi connectivity index (χ0v) is 12.8. The number of carbonyl (C=O) groups excluding carboxylic acids is 1. The second kappa shape index (κ2) is 6.90. The van der Waals surface area contributed by atoms with Gasteiger partial charge in [-0.2, -0.15) is 0 Å². The maximum absolute atomic E-state index is 13.1. The number of carbonyl (C=O) groups is 2.